The minimum absolute atomic E-state index is 0.138. The van der Waals surface area contributed by atoms with Gasteiger partial charge < -0.3 is 4.74 Å². The van der Waals surface area contributed by atoms with E-state index in [0.717, 1.165) is 19.1 Å². The average molecular weight is 422 g/mol. The van der Waals surface area contributed by atoms with E-state index in [0.29, 0.717) is 10.4 Å². The molecule has 2 aromatic rings. The molecule has 5 nitrogen and oxygen atoms in total. The summed E-state index contributed by atoms with van der Waals surface area (Å²) in [6.07, 6.45) is -4.68. The molecule has 0 saturated heterocycles. The predicted molar refractivity (Wildman–Crippen MR) is 94.1 cm³/mol. The van der Waals surface area contributed by atoms with Gasteiger partial charge >= 0.3 is 12.1 Å². The largest absolute Gasteiger partial charge is 0.464 e. The molecule has 0 aliphatic heterocycles. The normalized spacial score (nSPS) is 11.9. The van der Waals surface area contributed by atoms with Crippen LogP contribution in [-0.4, -0.2) is 27.5 Å². The van der Waals surface area contributed by atoms with Crippen LogP contribution in [0.4, 0.5) is 18.9 Å². The molecule has 0 aliphatic carbocycles. The first-order chi connectivity index (χ1) is 12.5. The summed E-state index contributed by atoms with van der Waals surface area (Å²) >= 11 is 5.99. The lowest BCUT2D eigenvalue weighted by Crippen LogP contribution is -2.35. The van der Waals surface area contributed by atoms with Gasteiger partial charge in [-0.2, -0.15) is 13.2 Å². The van der Waals surface area contributed by atoms with Gasteiger partial charge in [-0.25, -0.2) is 8.42 Å². The second-order valence-electron chi connectivity index (χ2n) is 5.39. The fourth-order valence-electron chi connectivity index (χ4n) is 2.24. The number of carbonyl (C=O) groups is 1. The second-order valence-corrected chi connectivity index (χ2v) is 7.66. The van der Waals surface area contributed by atoms with Gasteiger partial charge in [0.15, 0.2) is 0 Å². The summed E-state index contributed by atoms with van der Waals surface area (Å²) in [4.78, 5) is 10.8. The Morgan fingerprint density at radius 3 is 2.33 bits per heavy atom. The number of hydrogen-bond donors (Lipinski definition) is 0. The van der Waals surface area contributed by atoms with Gasteiger partial charge in [-0.05, 0) is 30.3 Å². The zero-order valence-electron chi connectivity index (χ0n) is 14.0. The van der Waals surface area contributed by atoms with E-state index in [4.69, 9.17) is 16.3 Å². The van der Waals surface area contributed by atoms with Crippen molar-refractivity contribution in [2.24, 2.45) is 0 Å². The monoisotopic (exact) mass is 421 g/mol. The Balaban J connectivity index is 2.55. The molecule has 10 heteroatoms. The van der Waals surface area contributed by atoms with E-state index in [-0.39, 0.29) is 22.2 Å². The number of nitrogens with zero attached hydrogens (tertiary/aromatic N) is 1. The lowest BCUT2D eigenvalue weighted by molar-refractivity contribution is -0.140. The van der Waals surface area contributed by atoms with Crippen molar-refractivity contribution >= 4 is 33.3 Å². The number of anilines is 1. The molecule has 0 aromatic heterocycles. The Morgan fingerprint density at radius 1 is 1.15 bits per heavy atom. The van der Waals surface area contributed by atoms with Crippen molar-refractivity contribution in [2.45, 2.75) is 18.0 Å². The number of esters is 1. The first kappa shape index (κ1) is 21.0. The van der Waals surface area contributed by atoms with Crippen molar-refractivity contribution in [3.05, 3.63) is 59.1 Å². The van der Waals surface area contributed by atoms with Crippen molar-refractivity contribution in [1.82, 2.24) is 0 Å². The Kier molecular flexibility index (Phi) is 6.38. The number of rotatable bonds is 6. The van der Waals surface area contributed by atoms with Gasteiger partial charge in [-0.1, -0.05) is 29.8 Å². The van der Waals surface area contributed by atoms with Crippen molar-refractivity contribution in [2.75, 3.05) is 17.5 Å². The van der Waals surface area contributed by atoms with E-state index in [9.17, 15) is 26.4 Å². The Bertz CT molecular complexity index is 918. The molecule has 0 spiro atoms. The molecule has 146 valence electrons. The van der Waals surface area contributed by atoms with Gasteiger partial charge in [0.25, 0.3) is 10.0 Å². The zero-order valence-corrected chi connectivity index (χ0v) is 15.6. The van der Waals surface area contributed by atoms with Crippen LogP contribution in [0, 0.1) is 0 Å². The van der Waals surface area contributed by atoms with Crippen molar-refractivity contribution < 1.29 is 31.1 Å². The molecule has 0 N–H and O–H groups in total. The SMILES string of the molecule is CC(=O)OCCN(c1cc(C(F)(F)F)ccc1Cl)S(=O)(=O)c1ccccc1. The highest BCUT2D eigenvalue weighted by Crippen LogP contribution is 2.37. The third kappa shape index (κ3) is 5.14. The Labute approximate surface area is 159 Å². The van der Waals surface area contributed by atoms with Crippen molar-refractivity contribution in [3.8, 4) is 0 Å². The predicted octanol–water partition coefficient (Wildman–Crippen LogP) is 4.12. The molecule has 27 heavy (non-hydrogen) atoms. The molecule has 2 aromatic carbocycles. The number of halogens is 4. The highest BCUT2D eigenvalue weighted by molar-refractivity contribution is 7.92. The number of carbonyl (C=O) groups excluding carboxylic acids is 1. The van der Waals surface area contributed by atoms with Crippen LogP contribution in [-0.2, 0) is 25.7 Å². The van der Waals surface area contributed by atoms with E-state index < -0.39 is 34.3 Å². The summed E-state index contributed by atoms with van der Waals surface area (Å²) in [5.74, 6) is -0.651. The van der Waals surface area contributed by atoms with Crippen LogP contribution in [0.25, 0.3) is 0 Å². The standard InChI is InChI=1S/C17H15ClF3NO4S/c1-12(23)26-10-9-22(27(24,25)14-5-3-2-4-6-14)16-11-13(17(19,20)21)7-8-15(16)18/h2-8,11H,9-10H2,1H3. The maximum atomic E-state index is 13.1. The molecular weight excluding hydrogens is 407 g/mol. The number of benzene rings is 2. The maximum Gasteiger partial charge on any atom is 0.416 e. The number of ether oxygens (including phenoxy) is 1. The number of sulfonamides is 1. The van der Waals surface area contributed by atoms with E-state index in [2.05, 4.69) is 0 Å². The smallest absolute Gasteiger partial charge is 0.416 e. The summed E-state index contributed by atoms with van der Waals surface area (Å²) in [5.41, 5.74) is -1.41. The lowest BCUT2D eigenvalue weighted by atomic mass is 10.2. The van der Waals surface area contributed by atoms with Crippen LogP contribution in [0.1, 0.15) is 12.5 Å². The van der Waals surface area contributed by atoms with E-state index in [1.54, 1.807) is 6.07 Å². The number of alkyl halides is 3. The molecule has 0 radical (unpaired) electrons. The first-order valence-electron chi connectivity index (χ1n) is 7.61. The second kappa shape index (κ2) is 8.18. The van der Waals surface area contributed by atoms with Crippen molar-refractivity contribution in [3.63, 3.8) is 0 Å². The van der Waals surface area contributed by atoms with Crippen LogP contribution in [0.5, 0.6) is 0 Å². The molecule has 0 unspecified atom stereocenters. The number of hydrogen-bond acceptors (Lipinski definition) is 4. The van der Waals surface area contributed by atoms with Crippen LogP contribution in [0.3, 0.4) is 0 Å². The molecule has 0 fully saturated rings. The molecule has 0 heterocycles. The topological polar surface area (TPSA) is 63.7 Å². The highest BCUT2D eigenvalue weighted by atomic mass is 35.5. The molecule has 0 aliphatic rings. The van der Waals surface area contributed by atoms with Gasteiger partial charge in [0, 0.05) is 6.92 Å². The Morgan fingerprint density at radius 2 is 1.78 bits per heavy atom. The van der Waals surface area contributed by atoms with Gasteiger partial charge in [0.1, 0.15) is 6.61 Å². The van der Waals surface area contributed by atoms with E-state index in [1.807, 2.05) is 0 Å². The van der Waals surface area contributed by atoms with Gasteiger partial charge in [-0.3, -0.25) is 9.10 Å². The molecule has 0 atom stereocenters. The van der Waals surface area contributed by atoms with E-state index in [1.165, 1.54) is 24.3 Å². The lowest BCUT2D eigenvalue weighted by Gasteiger charge is -2.26. The van der Waals surface area contributed by atoms with Crippen LogP contribution >= 0.6 is 11.6 Å². The third-order valence-corrected chi connectivity index (χ3v) is 5.62. The molecule has 0 amide bonds. The fourth-order valence-corrected chi connectivity index (χ4v) is 3.99. The quantitative estimate of drug-likeness (QED) is 0.658. The summed E-state index contributed by atoms with van der Waals surface area (Å²) in [6.45, 7) is 0.374. The molecular formula is C17H15ClF3NO4S. The molecule has 0 saturated carbocycles. The minimum Gasteiger partial charge on any atom is -0.464 e. The molecule has 0 bridgehead atoms. The summed E-state index contributed by atoms with van der Waals surface area (Å²) in [5, 5.41) is -0.190. The van der Waals surface area contributed by atoms with Crippen LogP contribution in [0.15, 0.2) is 53.4 Å². The van der Waals surface area contributed by atoms with Crippen LogP contribution in [0.2, 0.25) is 5.02 Å². The maximum absolute atomic E-state index is 13.1. The zero-order chi connectivity index (χ0) is 20.2. The molecule has 2 rings (SSSR count). The summed E-state index contributed by atoms with van der Waals surface area (Å²) < 4.78 is 70.6. The van der Waals surface area contributed by atoms with Gasteiger partial charge in [-0.15, -0.1) is 0 Å². The minimum atomic E-state index is -4.68. The van der Waals surface area contributed by atoms with E-state index >= 15 is 0 Å². The van der Waals surface area contributed by atoms with Gasteiger partial charge in [0.05, 0.1) is 27.7 Å². The summed E-state index contributed by atoms with van der Waals surface area (Å²) in [7, 11) is -4.25. The Hall–Kier alpha value is -2.26. The van der Waals surface area contributed by atoms with Crippen LogP contribution < -0.4 is 4.31 Å². The third-order valence-electron chi connectivity index (χ3n) is 3.47. The summed E-state index contributed by atoms with van der Waals surface area (Å²) in [6, 6.07) is 9.53. The van der Waals surface area contributed by atoms with Gasteiger partial charge in [0.2, 0.25) is 0 Å². The highest BCUT2D eigenvalue weighted by Gasteiger charge is 2.33. The average Bonchev–Trinajstić information content (AvgIpc) is 2.59. The first-order valence-corrected chi connectivity index (χ1v) is 9.43. The van der Waals surface area contributed by atoms with Crippen molar-refractivity contribution in [1.29, 1.82) is 0 Å². The fraction of sp³-hybridized carbons (Fsp3) is 0.235.